The third-order valence-corrected chi connectivity index (χ3v) is 2.85. The molecule has 0 aliphatic rings. The zero-order valence-electron chi connectivity index (χ0n) is 7.51. The van der Waals surface area contributed by atoms with Gasteiger partial charge in [0.05, 0.1) is 5.52 Å². The number of aromatic nitrogens is 1. The van der Waals surface area contributed by atoms with Crippen LogP contribution in [0, 0.1) is 9.39 Å². The molecule has 14 heavy (non-hydrogen) atoms. The van der Waals surface area contributed by atoms with Crippen LogP contribution < -0.4 is 5.32 Å². The van der Waals surface area contributed by atoms with E-state index in [0.717, 1.165) is 20.2 Å². The van der Waals surface area contributed by atoms with Gasteiger partial charge in [-0.3, -0.25) is 4.98 Å². The lowest BCUT2D eigenvalue weighted by molar-refractivity contribution is 0.629. The van der Waals surface area contributed by atoms with Crippen LogP contribution in [-0.2, 0) is 0 Å². The molecular formula is C10H8FIN2. The highest BCUT2D eigenvalue weighted by molar-refractivity contribution is 14.1. The molecule has 0 saturated carbocycles. The van der Waals surface area contributed by atoms with Crippen molar-refractivity contribution in [3.63, 3.8) is 0 Å². The van der Waals surface area contributed by atoms with Gasteiger partial charge in [-0.2, -0.15) is 0 Å². The van der Waals surface area contributed by atoms with Crippen LogP contribution >= 0.6 is 22.6 Å². The second-order valence-electron chi connectivity index (χ2n) is 2.89. The first-order valence-electron chi connectivity index (χ1n) is 4.14. The Morgan fingerprint density at radius 2 is 2.21 bits per heavy atom. The number of hydrogen-bond acceptors (Lipinski definition) is 2. The summed E-state index contributed by atoms with van der Waals surface area (Å²) in [5.41, 5.74) is 1.73. The van der Waals surface area contributed by atoms with Gasteiger partial charge in [0, 0.05) is 27.9 Å². The molecule has 2 aromatic rings. The summed E-state index contributed by atoms with van der Waals surface area (Å²) < 4.78 is 14.0. The fraction of sp³-hybridized carbons (Fsp3) is 0.100. The molecule has 72 valence electrons. The Labute approximate surface area is 94.7 Å². The molecule has 0 aliphatic carbocycles. The molecule has 2 rings (SSSR count). The molecule has 1 N–H and O–H groups in total. The molecule has 4 heteroatoms. The smallest absolute Gasteiger partial charge is 0.125 e. The van der Waals surface area contributed by atoms with E-state index in [-0.39, 0.29) is 5.82 Å². The van der Waals surface area contributed by atoms with Gasteiger partial charge in [-0.1, -0.05) is 0 Å². The molecule has 2 nitrogen and oxygen atoms in total. The van der Waals surface area contributed by atoms with E-state index in [1.165, 1.54) is 12.1 Å². The van der Waals surface area contributed by atoms with Crippen LogP contribution in [0.3, 0.4) is 0 Å². The van der Waals surface area contributed by atoms with E-state index in [1.807, 2.05) is 13.1 Å². The SMILES string of the molecule is CNc1ccnc2c(I)cc(F)cc12. The number of fused-ring (bicyclic) bond motifs is 1. The Morgan fingerprint density at radius 1 is 1.43 bits per heavy atom. The predicted molar refractivity (Wildman–Crippen MR) is 64.0 cm³/mol. The molecule has 0 aliphatic heterocycles. The fourth-order valence-electron chi connectivity index (χ4n) is 1.40. The number of hydrogen-bond donors (Lipinski definition) is 1. The molecule has 1 aromatic carbocycles. The van der Waals surface area contributed by atoms with Crippen LogP contribution in [0.4, 0.5) is 10.1 Å². The van der Waals surface area contributed by atoms with Crippen molar-refractivity contribution in [2.75, 3.05) is 12.4 Å². The Kier molecular flexibility index (Phi) is 2.54. The van der Waals surface area contributed by atoms with Crippen molar-refractivity contribution < 1.29 is 4.39 Å². The average molecular weight is 302 g/mol. The van der Waals surface area contributed by atoms with Crippen molar-refractivity contribution in [1.29, 1.82) is 0 Å². The summed E-state index contributed by atoms with van der Waals surface area (Å²) >= 11 is 2.09. The third kappa shape index (κ3) is 1.54. The van der Waals surface area contributed by atoms with Gasteiger partial charge in [-0.25, -0.2) is 4.39 Å². The highest BCUT2D eigenvalue weighted by Crippen LogP contribution is 2.25. The number of rotatable bonds is 1. The molecule has 0 bridgehead atoms. The highest BCUT2D eigenvalue weighted by Gasteiger charge is 2.05. The number of nitrogens with one attached hydrogen (secondary N) is 1. The van der Waals surface area contributed by atoms with E-state index < -0.39 is 0 Å². The number of halogens is 2. The van der Waals surface area contributed by atoms with Gasteiger partial charge < -0.3 is 5.32 Å². The second kappa shape index (κ2) is 3.68. The molecule has 1 aromatic heterocycles. The Bertz CT molecular complexity index is 485. The summed E-state index contributed by atoms with van der Waals surface area (Å²) in [4.78, 5) is 4.22. The predicted octanol–water partition coefficient (Wildman–Crippen LogP) is 3.02. The first kappa shape index (κ1) is 9.64. The Morgan fingerprint density at radius 3 is 2.93 bits per heavy atom. The summed E-state index contributed by atoms with van der Waals surface area (Å²) in [7, 11) is 1.81. The minimum absolute atomic E-state index is 0.230. The zero-order chi connectivity index (χ0) is 10.1. The summed E-state index contributed by atoms with van der Waals surface area (Å²) in [6, 6.07) is 4.81. The van der Waals surface area contributed by atoms with Crippen molar-refractivity contribution in [1.82, 2.24) is 4.98 Å². The molecule has 0 saturated heterocycles. The lowest BCUT2D eigenvalue weighted by Crippen LogP contribution is -1.93. The van der Waals surface area contributed by atoms with E-state index in [9.17, 15) is 4.39 Å². The Hall–Kier alpha value is -0.910. The summed E-state index contributed by atoms with van der Waals surface area (Å²) in [6.45, 7) is 0. The van der Waals surface area contributed by atoms with Gasteiger partial charge in [-0.15, -0.1) is 0 Å². The van der Waals surface area contributed by atoms with Crippen LogP contribution in [0.15, 0.2) is 24.4 Å². The Balaban J connectivity index is 2.86. The molecule has 0 spiro atoms. The molecular weight excluding hydrogens is 294 g/mol. The average Bonchev–Trinajstić information content (AvgIpc) is 2.17. The van der Waals surface area contributed by atoms with Crippen molar-refractivity contribution >= 4 is 39.2 Å². The minimum atomic E-state index is -0.230. The van der Waals surface area contributed by atoms with E-state index in [4.69, 9.17) is 0 Å². The second-order valence-corrected chi connectivity index (χ2v) is 4.05. The lowest BCUT2D eigenvalue weighted by atomic mass is 10.2. The van der Waals surface area contributed by atoms with Gasteiger partial charge in [0.25, 0.3) is 0 Å². The molecule has 0 amide bonds. The molecule has 0 radical (unpaired) electrons. The maximum absolute atomic E-state index is 13.2. The van der Waals surface area contributed by atoms with E-state index in [0.29, 0.717) is 0 Å². The van der Waals surface area contributed by atoms with E-state index in [1.54, 1.807) is 6.20 Å². The highest BCUT2D eigenvalue weighted by atomic mass is 127. The van der Waals surface area contributed by atoms with Gasteiger partial charge >= 0.3 is 0 Å². The standard InChI is InChI=1S/C10H8FIN2/c1-13-9-2-3-14-10-7(9)4-6(11)5-8(10)12/h2-5H,1H3,(H,13,14). The quantitative estimate of drug-likeness (QED) is 0.819. The molecule has 0 atom stereocenters. The third-order valence-electron chi connectivity index (χ3n) is 2.03. The van der Waals surface area contributed by atoms with Gasteiger partial charge in [-0.05, 0) is 40.8 Å². The van der Waals surface area contributed by atoms with Crippen LogP contribution in [0.25, 0.3) is 10.9 Å². The number of nitrogens with zero attached hydrogens (tertiary/aromatic N) is 1. The maximum Gasteiger partial charge on any atom is 0.125 e. The van der Waals surface area contributed by atoms with Crippen molar-refractivity contribution in [3.8, 4) is 0 Å². The van der Waals surface area contributed by atoms with Gasteiger partial charge in [0.15, 0.2) is 0 Å². The van der Waals surface area contributed by atoms with E-state index in [2.05, 4.69) is 32.9 Å². The van der Waals surface area contributed by atoms with Crippen LogP contribution in [0.2, 0.25) is 0 Å². The summed E-state index contributed by atoms with van der Waals surface area (Å²) in [5, 5.41) is 3.83. The normalized spacial score (nSPS) is 10.5. The van der Waals surface area contributed by atoms with Crippen molar-refractivity contribution in [2.45, 2.75) is 0 Å². The monoisotopic (exact) mass is 302 g/mol. The molecule has 0 unspecified atom stereocenters. The number of pyridine rings is 1. The minimum Gasteiger partial charge on any atom is -0.388 e. The van der Waals surface area contributed by atoms with Crippen LogP contribution in [0.1, 0.15) is 0 Å². The van der Waals surface area contributed by atoms with Crippen molar-refractivity contribution in [3.05, 3.63) is 33.8 Å². The summed E-state index contributed by atoms with van der Waals surface area (Å²) in [5.74, 6) is -0.230. The summed E-state index contributed by atoms with van der Waals surface area (Å²) in [6.07, 6.45) is 1.72. The van der Waals surface area contributed by atoms with Crippen LogP contribution in [0.5, 0.6) is 0 Å². The lowest BCUT2D eigenvalue weighted by Gasteiger charge is -2.06. The van der Waals surface area contributed by atoms with Crippen molar-refractivity contribution in [2.24, 2.45) is 0 Å². The van der Waals surface area contributed by atoms with Crippen LogP contribution in [-0.4, -0.2) is 12.0 Å². The van der Waals surface area contributed by atoms with Gasteiger partial charge in [0.2, 0.25) is 0 Å². The number of anilines is 1. The fourth-order valence-corrected chi connectivity index (χ4v) is 2.12. The van der Waals surface area contributed by atoms with E-state index >= 15 is 0 Å². The first-order valence-corrected chi connectivity index (χ1v) is 5.22. The van der Waals surface area contributed by atoms with Gasteiger partial charge in [0.1, 0.15) is 5.82 Å². The molecule has 0 fully saturated rings. The number of benzene rings is 1. The maximum atomic E-state index is 13.2. The molecule has 1 heterocycles. The largest absolute Gasteiger partial charge is 0.388 e. The zero-order valence-corrected chi connectivity index (χ0v) is 9.67. The topological polar surface area (TPSA) is 24.9 Å². The first-order chi connectivity index (χ1) is 6.72.